The average Bonchev–Trinajstić information content (AvgIpc) is 2.28. The van der Waals surface area contributed by atoms with Crippen molar-refractivity contribution in [2.45, 2.75) is 58.7 Å². The third-order valence-electron chi connectivity index (χ3n) is 3.58. The number of rotatable bonds is 4. The Morgan fingerprint density at radius 1 is 1.45 bits per heavy atom. The second kappa shape index (κ2) is 6.86. The number of hydrogen-bond donors (Lipinski definition) is 1. The molecule has 1 aliphatic rings. The number of nitrogens with one attached hydrogen (secondary N) is 1. The summed E-state index contributed by atoms with van der Waals surface area (Å²) in [6, 6.07) is 1.71. The van der Waals surface area contributed by atoms with E-state index in [0.29, 0.717) is 17.5 Å². The van der Waals surface area contributed by atoms with E-state index in [1.807, 2.05) is 20.8 Å². The zero-order valence-electron chi connectivity index (χ0n) is 13.5. The lowest BCUT2D eigenvalue weighted by Crippen LogP contribution is -2.29. The standard InChI is InChI=1S/C16H23BrN2O3/c1-10(11-6-5-7-11)21-13-8-14(18-9-12(13)17)19-15(20)22-16(2,3)4/h8-11H,5-7H2,1-4H3,(H,18,19,20). The zero-order valence-corrected chi connectivity index (χ0v) is 15.1. The van der Waals surface area contributed by atoms with Crippen molar-refractivity contribution in [2.75, 3.05) is 5.32 Å². The molecule has 1 heterocycles. The van der Waals surface area contributed by atoms with Crippen LogP contribution in [0.25, 0.3) is 0 Å². The van der Waals surface area contributed by atoms with Gasteiger partial charge in [0, 0.05) is 12.3 Å². The zero-order chi connectivity index (χ0) is 16.3. The molecule has 2 rings (SSSR count). The molecule has 1 fully saturated rings. The molecule has 0 radical (unpaired) electrons. The van der Waals surface area contributed by atoms with Crippen LogP contribution >= 0.6 is 15.9 Å². The predicted octanol–water partition coefficient (Wildman–Crippen LogP) is 4.76. The van der Waals surface area contributed by atoms with Crippen LogP contribution in [0.3, 0.4) is 0 Å². The van der Waals surface area contributed by atoms with Gasteiger partial charge in [-0.15, -0.1) is 0 Å². The molecular weight excluding hydrogens is 348 g/mol. The van der Waals surface area contributed by atoms with Crippen LogP contribution in [0.1, 0.15) is 47.0 Å². The van der Waals surface area contributed by atoms with Crippen LogP contribution in [0.15, 0.2) is 16.7 Å². The number of carbonyl (C=O) groups is 1. The maximum Gasteiger partial charge on any atom is 0.413 e. The van der Waals surface area contributed by atoms with Gasteiger partial charge in [-0.3, -0.25) is 5.32 Å². The van der Waals surface area contributed by atoms with Gasteiger partial charge < -0.3 is 9.47 Å². The summed E-state index contributed by atoms with van der Waals surface area (Å²) in [7, 11) is 0. The van der Waals surface area contributed by atoms with Crippen molar-refractivity contribution in [2.24, 2.45) is 5.92 Å². The number of anilines is 1. The van der Waals surface area contributed by atoms with Crippen LogP contribution in [0.2, 0.25) is 0 Å². The second-order valence-corrected chi connectivity index (χ2v) is 7.50. The lowest BCUT2D eigenvalue weighted by Gasteiger charge is -2.31. The van der Waals surface area contributed by atoms with Crippen LogP contribution in [0.5, 0.6) is 5.75 Å². The highest BCUT2D eigenvalue weighted by atomic mass is 79.9. The summed E-state index contributed by atoms with van der Waals surface area (Å²) in [6.07, 6.45) is 4.96. The molecule has 0 aromatic carbocycles. The van der Waals surface area contributed by atoms with E-state index in [2.05, 4.69) is 33.2 Å². The van der Waals surface area contributed by atoms with Gasteiger partial charge in [0.2, 0.25) is 0 Å². The lowest BCUT2D eigenvalue weighted by atomic mass is 9.82. The number of carbonyl (C=O) groups excluding carboxylic acids is 1. The fourth-order valence-electron chi connectivity index (χ4n) is 2.19. The average molecular weight is 371 g/mol. The van der Waals surface area contributed by atoms with Crippen molar-refractivity contribution in [3.05, 3.63) is 16.7 Å². The number of pyridine rings is 1. The molecular formula is C16H23BrN2O3. The summed E-state index contributed by atoms with van der Waals surface area (Å²) in [4.78, 5) is 15.9. The van der Waals surface area contributed by atoms with Crippen LogP contribution in [-0.2, 0) is 4.74 Å². The maximum absolute atomic E-state index is 11.8. The number of aromatic nitrogens is 1. The minimum absolute atomic E-state index is 0.154. The van der Waals surface area contributed by atoms with E-state index >= 15 is 0 Å². The Bertz CT molecular complexity index is 539. The van der Waals surface area contributed by atoms with E-state index in [9.17, 15) is 4.79 Å². The molecule has 1 aromatic heterocycles. The molecule has 5 nitrogen and oxygen atoms in total. The Balaban J connectivity index is 2.01. The van der Waals surface area contributed by atoms with E-state index in [0.717, 1.165) is 4.47 Å². The summed E-state index contributed by atoms with van der Waals surface area (Å²) in [5.74, 6) is 1.70. The van der Waals surface area contributed by atoms with Gasteiger partial charge in [0.15, 0.2) is 0 Å². The second-order valence-electron chi connectivity index (χ2n) is 6.64. The Morgan fingerprint density at radius 2 is 2.14 bits per heavy atom. The van der Waals surface area contributed by atoms with Gasteiger partial charge in [-0.25, -0.2) is 9.78 Å². The molecule has 0 aliphatic heterocycles. The van der Waals surface area contributed by atoms with Gasteiger partial charge in [-0.05, 0) is 62.4 Å². The molecule has 6 heteroatoms. The number of hydrogen-bond acceptors (Lipinski definition) is 4. The minimum Gasteiger partial charge on any atom is -0.489 e. The number of amides is 1. The molecule has 0 bridgehead atoms. The highest BCUT2D eigenvalue weighted by molar-refractivity contribution is 9.10. The van der Waals surface area contributed by atoms with Gasteiger partial charge in [-0.2, -0.15) is 0 Å². The fourth-order valence-corrected chi connectivity index (χ4v) is 2.50. The highest BCUT2D eigenvalue weighted by Crippen LogP contribution is 2.34. The first-order valence-electron chi connectivity index (χ1n) is 7.57. The van der Waals surface area contributed by atoms with Gasteiger partial charge in [0.05, 0.1) is 10.6 Å². The quantitative estimate of drug-likeness (QED) is 0.829. The van der Waals surface area contributed by atoms with Crippen LogP contribution in [0.4, 0.5) is 10.6 Å². The molecule has 22 heavy (non-hydrogen) atoms. The summed E-state index contributed by atoms with van der Waals surface area (Å²) in [5, 5.41) is 2.62. The minimum atomic E-state index is -0.544. The number of halogens is 1. The maximum atomic E-state index is 11.8. The first-order chi connectivity index (χ1) is 10.2. The first-order valence-corrected chi connectivity index (χ1v) is 8.36. The smallest absolute Gasteiger partial charge is 0.413 e. The Kier molecular flexibility index (Phi) is 5.32. The number of nitrogens with zero attached hydrogens (tertiary/aromatic N) is 1. The molecule has 122 valence electrons. The van der Waals surface area contributed by atoms with E-state index in [4.69, 9.17) is 9.47 Å². The van der Waals surface area contributed by atoms with E-state index in [1.165, 1.54) is 19.3 Å². The van der Waals surface area contributed by atoms with Crippen molar-refractivity contribution >= 4 is 27.8 Å². The molecule has 1 amide bonds. The molecule has 1 atom stereocenters. The molecule has 1 saturated carbocycles. The molecule has 0 saturated heterocycles. The van der Waals surface area contributed by atoms with Gasteiger partial charge in [0.25, 0.3) is 0 Å². The lowest BCUT2D eigenvalue weighted by molar-refractivity contribution is 0.0635. The molecule has 1 N–H and O–H groups in total. The Hall–Kier alpha value is -1.30. The van der Waals surface area contributed by atoms with Crippen LogP contribution < -0.4 is 10.1 Å². The van der Waals surface area contributed by atoms with Crippen molar-refractivity contribution < 1.29 is 14.3 Å². The molecule has 1 unspecified atom stereocenters. The molecule has 1 aliphatic carbocycles. The summed E-state index contributed by atoms with van der Waals surface area (Å²) in [5.41, 5.74) is -0.544. The topological polar surface area (TPSA) is 60.5 Å². The van der Waals surface area contributed by atoms with Crippen molar-refractivity contribution in [3.8, 4) is 5.75 Å². The van der Waals surface area contributed by atoms with Crippen LogP contribution in [0, 0.1) is 5.92 Å². The summed E-state index contributed by atoms with van der Waals surface area (Å²) < 4.78 is 12.0. The third-order valence-corrected chi connectivity index (χ3v) is 4.17. The van der Waals surface area contributed by atoms with Crippen molar-refractivity contribution in [1.82, 2.24) is 4.98 Å². The third kappa shape index (κ3) is 4.87. The Labute approximate surface area is 139 Å². The highest BCUT2D eigenvalue weighted by Gasteiger charge is 2.26. The largest absolute Gasteiger partial charge is 0.489 e. The molecule has 0 spiro atoms. The Morgan fingerprint density at radius 3 is 2.68 bits per heavy atom. The van der Waals surface area contributed by atoms with Crippen molar-refractivity contribution in [3.63, 3.8) is 0 Å². The molecule has 1 aromatic rings. The van der Waals surface area contributed by atoms with E-state index in [1.54, 1.807) is 12.3 Å². The fraction of sp³-hybridized carbons (Fsp3) is 0.625. The number of ether oxygens (including phenoxy) is 2. The first kappa shape index (κ1) is 17.1. The van der Waals surface area contributed by atoms with E-state index in [-0.39, 0.29) is 6.10 Å². The van der Waals surface area contributed by atoms with E-state index < -0.39 is 11.7 Å². The van der Waals surface area contributed by atoms with Gasteiger partial charge >= 0.3 is 6.09 Å². The SMILES string of the molecule is CC(Oc1cc(NC(=O)OC(C)(C)C)ncc1Br)C1CCC1. The van der Waals surface area contributed by atoms with Crippen LogP contribution in [-0.4, -0.2) is 22.8 Å². The van der Waals surface area contributed by atoms with Crippen molar-refractivity contribution in [1.29, 1.82) is 0 Å². The van der Waals surface area contributed by atoms with Gasteiger partial charge in [-0.1, -0.05) is 6.42 Å². The summed E-state index contributed by atoms with van der Waals surface area (Å²) >= 11 is 3.43. The predicted molar refractivity (Wildman–Crippen MR) is 89.2 cm³/mol. The van der Waals surface area contributed by atoms with Gasteiger partial charge in [0.1, 0.15) is 17.2 Å². The monoisotopic (exact) mass is 370 g/mol. The summed E-state index contributed by atoms with van der Waals surface area (Å²) in [6.45, 7) is 7.53. The normalized spacial score (nSPS) is 16.6.